The van der Waals surface area contributed by atoms with Crippen LogP contribution in [0.15, 0.2) is 152 Å². The van der Waals surface area contributed by atoms with Crippen molar-refractivity contribution in [1.82, 2.24) is 4.90 Å². The van der Waals surface area contributed by atoms with E-state index in [4.69, 9.17) is 33.2 Å². The van der Waals surface area contributed by atoms with Crippen LogP contribution in [0.25, 0.3) is 0 Å². The average Bonchev–Trinajstić information content (AvgIpc) is 3.29. The van der Waals surface area contributed by atoms with Crippen LogP contribution in [0.5, 0.6) is 0 Å². The van der Waals surface area contributed by atoms with Gasteiger partial charge < -0.3 is 38.1 Å². The lowest BCUT2D eigenvalue weighted by molar-refractivity contribution is -0.312. The number of benzene rings is 5. The van der Waals surface area contributed by atoms with Crippen molar-refractivity contribution in [3.8, 4) is 0 Å². The summed E-state index contributed by atoms with van der Waals surface area (Å²) in [7, 11) is 1.56. The van der Waals surface area contributed by atoms with E-state index in [2.05, 4.69) is 0 Å². The molecule has 1 amide bonds. The average molecular weight is 844 g/mol. The number of nitrogens with zero attached hydrogens (tertiary/aromatic N) is 1. The van der Waals surface area contributed by atoms with Gasteiger partial charge in [0, 0.05) is 7.05 Å². The van der Waals surface area contributed by atoms with Gasteiger partial charge in [-0.3, -0.25) is 0 Å². The smallest absolute Gasteiger partial charge is 0.410 e. The highest BCUT2D eigenvalue weighted by molar-refractivity contribution is 5.91. The molecule has 1 fully saturated rings. The van der Waals surface area contributed by atoms with Crippen LogP contribution in [-0.4, -0.2) is 90.9 Å². The lowest BCUT2D eigenvalue weighted by Crippen LogP contribution is -2.63. The highest BCUT2D eigenvalue weighted by Gasteiger charge is 2.54. The second kappa shape index (κ2) is 20.6. The van der Waals surface area contributed by atoms with Gasteiger partial charge in [0.2, 0.25) is 0 Å². The van der Waals surface area contributed by atoms with Crippen molar-refractivity contribution < 1.29 is 57.1 Å². The SMILES string of the molecule is CC(C(OC1O[C@H](COC(=O)c2ccccc2)[C@H](OC(=O)c2ccccc2)[C@H](OC(=O)c2ccccc2)[C@H]1OC(=O)c1ccccc1)c1ccccc1)N(C)C(=O)OC(C)(C)C. The fraction of sp³-hybridized carbons (Fsp3) is 0.286. The minimum absolute atomic E-state index is 0.138. The number of amides is 1. The molecule has 7 atom stereocenters. The predicted octanol–water partition coefficient (Wildman–Crippen LogP) is 8.26. The summed E-state index contributed by atoms with van der Waals surface area (Å²) in [5.41, 5.74) is 0.450. The van der Waals surface area contributed by atoms with E-state index in [0.29, 0.717) is 5.56 Å². The Balaban J connectivity index is 1.47. The molecular weight excluding hydrogens is 795 g/mol. The first kappa shape index (κ1) is 44.7. The summed E-state index contributed by atoms with van der Waals surface area (Å²) >= 11 is 0. The predicted molar refractivity (Wildman–Crippen MR) is 226 cm³/mol. The van der Waals surface area contributed by atoms with Crippen molar-refractivity contribution in [2.24, 2.45) is 0 Å². The van der Waals surface area contributed by atoms with Gasteiger partial charge in [-0.25, -0.2) is 24.0 Å². The molecule has 5 aromatic rings. The zero-order valence-corrected chi connectivity index (χ0v) is 35.0. The first-order valence-electron chi connectivity index (χ1n) is 20.1. The maximum Gasteiger partial charge on any atom is 0.410 e. The zero-order valence-electron chi connectivity index (χ0n) is 35.0. The molecule has 0 aromatic heterocycles. The molecule has 0 bridgehead atoms. The minimum atomic E-state index is -1.64. The van der Waals surface area contributed by atoms with Crippen molar-refractivity contribution in [3.63, 3.8) is 0 Å². The Kier molecular flexibility index (Phi) is 14.9. The maximum atomic E-state index is 14.1. The molecule has 62 heavy (non-hydrogen) atoms. The van der Waals surface area contributed by atoms with E-state index < -0.39 is 85.0 Å². The zero-order chi connectivity index (χ0) is 44.2. The summed E-state index contributed by atoms with van der Waals surface area (Å²) < 4.78 is 43.6. The standard InChI is InChI=1S/C49H49NO12/c1-32(50(5)48(55)62-49(2,3)4)39(33-21-11-6-12-22-33)61-47-42(60-46(54)37-29-19-10-20-30-37)41(59-45(53)36-27-17-9-18-28-36)40(58-44(52)35-25-15-8-16-26-35)38(57-47)31-56-43(51)34-23-13-7-14-24-34/h6-30,32,38-42,47H,31H2,1-5H3/t32?,38-,39?,40+,41+,42-,47?/m1/s1. The quantitative estimate of drug-likeness (QED) is 0.0781. The van der Waals surface area contributed by atoms with Gasteiger partial charge in [0.05, 0.1) is 28.3 Å². The summed E-state index contributed by atoms with van der Waals surface area (Å²) in [6.07, 6.45) is -9.52. The molecule has 1 aliphatic rings. The molecular formula is C49H49NO12. The Hall–Kier alpha value is -6.83. The van der Waals surface area contributed by atoms with Gasteiger partial charge in [-0.1, -0.05) is 103 Å². The van der Waals surface area contributed by atoms with E-state index in [1.54, 1.807) is 144 Å². The van der Waals surface area contributed by atoms with E-state index in [9.17, 15) is 24.0 Å². The summed E-state index contributed by atoms with van der Waals surface area (Å²) in [6, 6.07) is 40.7. The summed E-state index contributed by atoms with van der Waals surface area (Å²) in [5, 5.41) is 0. The first-order chi connectivity index (χ1) is 29.8. The molecule has 1 aliphatic heterocycles. The van der Waals surface area contributed by atoms with Gasteiger partial charge in [0.25, 0.3) is 0 Å². The Morgan fingerprint density at radius 3 is 1.39 bits per heavy atom. The summed E-state index contributed by atoms with van der Waals surface area (Å²) in [6.45, 7) is 6.45. The van der Waals surface area contributed by atoms with Gasteiger partial charge in [0.15, 0.2) is 24.6 Å². The largest absolute Gasteiger partial charge is 0.459 e. The molecule has 0 radical (unpaired) electrons. The number of likely N-dealkylation sites (N-methyl/N-ethyl adjacent to an activating group) is 1. The van der Waals surface area contributed by atoms with Gasteiger partial charge in [-0.2, -0.15) is 0 Å². The number of rotatable bonds is 14. The van der Waals surface area contributed by atoms with Crippen LogP contribution in [0.4, 0.5) is 4.79 Å². The second-order valence-corrected chi connectivity index (χ2v) is 15.5. The Morgan fingerprint density at radius 2 is 0.952 bits per heavy atom. The number of hydrogen-bond acceptors (Lipinski definition) is 12. The molecule has 5 aromatic carbocycles. The topological polar surface area (TPSA) is 153 Å². The minimum Gasteiger partial charge on any atom is -0.459 e. The third-order valence-electron chi connectivity index (χ3n) is 9.88. The van der Waals surface area contributed by atoms with Gasteiger partial charge >= 0.3 is 30.0 Å². The number of ether oxygens (including phenoxy) is 7. The van der Waals surface area contributed by atoms with Crippen LogP contribution in [0.1, 0.15) is 80.8 Å². The summed E-state index contributed by atoms with van der Waals surface area (Å²) in [5.74, 6) is -3.24. The van der Waals surface area contributed by atoms with E-state index in [-0.39, 0.29) is 22.3 Å². The third-order valence-corrected chi connectivity index (χ3v) is 9.88. The van der Waals surface area contributed by atoms with Gasteiger partial charge in [-0.05, 0) is 81.8 Å². The van der Waals surface area contributed by atoms with E-state index >= 15 is 0 Å². The number of carbonyl (C=O) groups is 5. The molecule has 13 heteroatoms. The van der Waals surface area contributed by atoms with E-state index in [1.807, 2.05) is 6.07 Å². The van der Waals surface area contributed by atoms with Gasteiger partial charge in [-0.15, -0.1) is 0 Å². The van der Waals surface area contributed by atoms with Gasteiger partial charge in [0.1, 0.15) is 24.4 Å². The monoisotopic (exact) mass is 843 g/mol. The normalized spacial score (nSPS) is 19.5. The Labute approximate surface area is 360 Å². The molecule has 0 aliphatic carbocycles. The Morgan fingerprint density at radius 1 is 0.565 bits per heavy atom. The van der Waals surface area contributed by atoms with Crippen LogP contribution in [-0.2, 0) is 33.2 Å². The van der Waals surface area contributed by atoms with Crippen LogP contribution >= 0.6 is 0 Å². The molecule has 0 saturated carbocycles. The van der Waals surface area contributed by atoms with Crippen LogP contribution in [0.2, 0.25) is 0 Å². The summed E-state index contributed by atoms with van der Waals surface area (Å²) in [4.78, 5) is 70.3. The molecule has 1 saturated heterocycles. The van der Waals surface area contributed by atoms with E-state index in [1.165, 1.54) is 41.3 Å². The third kappa shape index (κ3) is 11.7. The van der Waals surface area contributed by atoms with Crippen molar-refractivity contribution in [3.05, 3.63) is 179 Å². The molecule has 0 N–H and O–H groups in total. The van der Waals surface area contributed by atoms with Crippen LogP contribution < -0.4 is 0 Å². The lowest BCUT2D eigenvalue weighted by atomic mass is 9.96. The highest BCUT2D eigenvalue weighted by Crippen LogP contribution is 2.36. The first-order valence-corrected chi connectivity index (χ1v) is 20.1. The highest BCUT2D eigenvalue weighted by atomic mass is 16.7. The fourth-order valence-corrected chi connectivity index (χ4v) is 6.60. The van der Waals surface area contributed by atoms with Crippen molar-refractivity contribution >= 4 is 30.0 Å². The molecule has 13 nitrogen and oxygen atoms in total. The Bertz CT molecular complexity index is 2250. The number of carbonyl (C=O) groups excluding carboxylic acids is 5. The number of esters is 4. The molecule has 322 valence electrons. The molecule has 0 spiro atoms. The van der Waals surface area contributed by atoms with Crippen molar-refractivity contribution in [1.29, 1.82) is 0 Å². The maximum absolute atomic E-state index is 14.1. The number of hydrogen-bond donors (Lipinski definition) is 0. The van der Waals surface area contributed by atoms with Crippen LogP contribution in [0, 0.1) is 0 Å². The van der Waals surface area contributed by atoms with Crippen molar-refractivity contribution in [2.45, 2.75) is 76.1 Å². The van der Waals surface area contributed by atoms with E-state index in [0.717, 1.165) is 0 Å². The molecule has 6 rings (SSSR count). The lowest BCUT2D eigenvalue weighted by Gasteiger charge is -2.46. The van der Waals surface area contributed by atoms with Crippen LogP contribution in [0.3, 0.4) is 0 Å². The van der Waals surface area contributed by atoms with Crippen molar-refractivity contribution in [2.75, 3.05) is 13.7 Å². The molecule has 1 heterocycles. The second-order valence-electron chi connectivity index (χ2n) is 15.5. The fourth-order valence-electron chi connectivity index (χ4n) is 6.60. The molecule has 3 unspecified atom stereocenters.